The number of carboxylic acids is 1. The highest BCUT2D eigenvalue weighted by molar-refractivity contribution is 9.10. The van der Waals surface area contributed by atoms with Gasteiger partial charge < -0.3 is 20.2 Å². The summed E-state index contributed by atoms with van der Waals surface area (Å²) < 4.78 is 1.04. The summed E-state index contributed by atoms with van der Waals surface area (Å²) in [5, 5.41) is 11.9. The van der Waals surface area contributed by atoms with E-state index in [1.165, 1.54) is 4.90 Å². The molecule has 1 heterocycles. The van der Waals surface area contributed by atoms with Gasteiger partial charge in [-0.25, -0.2) is 4.79 Å². The fraction of sp³-hybridized carbons (Fsp3) is 0.500. The summed E-state index contributed by atoms with van der Waals surface area (Å²) in [7, 11) is 1.62. The molecule has 0 bridgehead atoms. The number of hydrogen-bond acceptors (Lipinski definition) is 3. The van der Waals surface area contributed by atoms with Gasteiger partial charge in [0.25, 0.3) is 0 Å². The normalized spacial score (nSPS) is 18.6. The highest BCUT2D eigenvalue weighted by atomic mass is 79.9. The second-order valence-corrected chi connectivity index (χ2v) is 6.89. The van der Waals surface area contributed by atoms with Crippen molar-refractivity contribution in [2.24, 2.45) is 5.92 Å². The van der Waals surface area contributed by atoms with Crippen LogP contribution in [0.1, 0.15) is 13.3 Å². The number of aliphatic carboxylic acids is 1. The average molecular weight is 384 g/mol. The van der Waals surface area contributed by atoms with E-state index in [1.807, 2.05) is 12.1 Å². The summed E-state index contributed by atoms with van der Waals surface area (Å²) in [5.74, 6) is -1.47. The molecule has 1 aliphatic heterocycles. The Morgan fingerprint density at radius 3 is 2.70 bits per heavy atom. The van der Waals surface area contributed by atoms with Crippen molar-refractivity contribution in [1.82, 2.24) is 10.2 Å². The summed E-state index contributed by atoms with van der Waals surface area (Å²) in [5.41, 5.74) is 1.14. The van der Waals surface area contributed by atoms with Crippen molar-refractivity contribution < 1.29 is 14.7 Å². The van der Waals surface area contributed by atoms with Gasteiger partial charge in [-0.3, -0.25) is 4.79 Å². The number of carbonyl (C=O) groups excluding carboxylic acids is 1. The van der Waals surface area contributed by atoms with Crippen LogP contribution in [0.25, 0.3) is 0 Å². The summed E-state index contributed by atoms with van der Waals surface area (Å²) in [6.07, 6.45) is 0.879. The molecular formula is C16H22BrN3O3. The van der Waals surface area contributed by atoms with Crippen molar-refractivity contribution in [1.29, 1.82) is 0 Å². The molecule has 2 N–H and O–H groups in total. The standard InChI is InChI=1S/C16H22BrN3O3/c1-11(15(21)22)9-19(2)16(23)18-13-7-8-20(10-13)14-5-3-12(17)4-6-14/h3-6,11,13H,7-10H2,1-2H3,(H,18,23)(H,21,22). The fourth-order valence-electron chi connectivity index (χ4n) is 2.62. The number of nitrogens with one attached hydrogen (secondary N) is 1. The first-order valence-electron chi connectivity index (χ1n) is 7.61. The minimum atomic E-state index is -0.896. The smallest absolute Gasteiger partial charge is 0.317 e. The molecule has 0 saturated carbocycles. The Kier molecular flexibility index (Phi) is 5.87. The summed E-state index contributed by atoms with van der Waals surface area (Å²) >= 11 is 3.42. The van der Waals surface area contributed by atoms with Crippen LogP contribution in [-0.4, -0.2) is 54.7 Å². The van der Waals surface area contributed by atoms with E-state index in [4.69, 9.17) is 5.11 Å². The number of benzene rings is 1. The summed E-state index contributed by atoms with van der Waals surface area (Å²) in [6.45, 7) is 3.44. The lowest BCUT2D eigenvalue weighted by Gasteiger charge is -2.23. The van der Waals surface area contributed by atoms with Crippen molar-refractivity contribution in [3.8, 4) is 0 Å². The number of hydrogen-bond donors (Lipinski definition) is 2. The van der Waals surface area contributed by atoms with Crippen LogP contribution in [-0.2, 0) is 4.79 Å². The first-order chi connectivity index (χ1) is 10.9. The lowest BCUT2D eigenvalue weighted by atomic mass is 10.2. The number of anilines is 1. The van der Waals surface area contributed by atoms with Crippen molar-refractivity contribution >= 4 is 33.6 Å². The molecule has 1 aromatic carbocycles. The number of rotatable bonds is 5. The van der Waals surface area contributed by atoms with Crippen LogP contribution in [0.15, 0.2) is 28.7 Å². The van der Waals surface area contributed by atoms with E-state index in [0.717, 1.165) is 29.7 Å². The Labute approximate surface area is 144 Å². The van der Waals surface area contributed by atoms with Crippen LogP contribution in [0.5, 0.6) is 0 Å². The highest BCUT2D eigenvalue weighted by Crippen LogP contribution is 2.22. The third kappa shape index (κ3) is 4.86. The number of amides is 2. The Hall–Kier alpha value is -1.76. The molecule has 6 nitrogen and oxygen atoms in total. The van der Waals surface area contributed by atoms with Gasteiger partial charge in [0.1, 0.15) is 0 Å². The maximum Gasteiger partial charge on any atom is 0.317 e. The minimum absolute atomic E-state index is 0.0775. The first-order valence-corrected chi connectivity index (χ1v) is 8.41. The van der Waals surface area contributed by atoms with Gasteiger partial charge in [0.2, 0.25) is 0 Å². The maximum atomic E-state index is 12.1. The van der Waals surface area contributed by atoms with E-state index in [1.54, 1.807) is 14.0 Å². The molecule has 0 aliphatic carbocycles. The molecule has 1 aliphatic rings. The molecule has 2 atom stereocenters. The van der Waals surface area contributed by atoms with E-state index in [0.29, 0.717) is 0 Å². The third-order valence-electron chi connectivity index (χ3n) is 4.02. The predicted octanol–water partition coefficient (Wildman–Crippen LogP) is 2.39. The summed E-state index contributed by atoms with van der Waals surface area (Å²) in [6, 6.07) is 7.96. The largest absolute Gasteiger partial charge is 0.481 e. The topological polar surface area (TPSA) is 72.9 Å². The SMILES string of the molecule is CC(CN(C)C(=O)NC1CCN(c2ccc(Br)cc2)C1)C(=O)O. The monoisotopic (exact) mass is 383 g/mol. The Morgan fingerprint density at radius 1 is 1.43 bits per heavy atom. The summed E-state index contributed by atoms with van der Waals surface area (Å²) in [4.78, 5) is 26.7. The number of carboxylic acid groups (broad SMARTS) is 1. The van der Waals surface area contributed by atoms with Gasteiger partial charge in [0.05, 0.1) is 5.92 Å². The van der Waals surface area contributed by atoms with Gasteiger partial charge in [-0.1, -0.05) is 22.9 Å². The molecule has 1 aromatic rings. The minimum Gasteiger partial charge on any atom is -0.481 e. The Balaban J connectivity index is 1.84. The zero-order valence-corrected chi connectivity index (χ0v) is 14.9. The van der Waals surface area contributed by atoms with Gasteiger partial charge in [0, 0.05) is 42.9 Å². The van der Waals surface area contributed by atoms with E-state index in [-0.39, 0.29) is 18.6 Å². The van der Waals surface area contributed by atoms with Gasteiger partial charge in [-0.15, -0.1) is 0 Å². The van der Waals surface area contributed by atoms with Gasteiger partial charge in [0.15, 0.2) is 0 Å². The average Bonchev–Trinajstić information content (AvgIpc) is 2.96. The first kappa shape index (κ1) is 17.6. The van der Waals surface area contributed by atoms with Crippen molar-refractivity contribution in [3.05, 3.63) is 28.7 Å². The second-order valence-electron chi connectivity index (χ2n) is 5.98. The molecule has 7 heteroatoms. The van der Waals surface area contributed by atoms with Crippen LogP contribution in [0.4, 0.5) is 10.5 Å². The molecule has 0 aromatic heterocycles. The molecule has 126 valence electrons. The maximum absolute atomic E-state index is 12.1. The molecule has 2 unspecified atom stereocenters. The number of nitrogens with zero attached hydrogens (tertiary/aromatic N) is 2. The van der Waals surface area contributed by atoms with Crippen LogP contribution in [0.3, 0.4) is 0 Å². The third-order valence-corrected chi connectivity index (χ3v) is 4.55. The van der Waals surface area contributed by atoms with Crippen molar-refractivity contribution in [2.45, 2.75) is 19.4 Å². The van der Waals surface area contributed by atoms with Crippen molar-refractivity contribution in [3.63, 3.8) is 0 Å². The second kappa shape index (κ2) is 7.68. The van der Waals surface area contributed by atoms with Crippen LogP contribution in [0.2, 0.25) is 0 Å². The van der Waals surface area contributed by atoms with Crippen molar-refractivity contribution in [2.75, 3.05) is 31.6 Å². The van der Waals surface area contributed by atoms with E-state index < -0.39 is 11.9 Å². The van der Waals surface area contributed by atoms with Crippen LogP contribution in [0, 0.1) is 5.92 Å². The van der Waals surface area contributed by atoms with Gasteiger partial charge in [-0.2, -0.15) is 0 Å². The molecule has 0 spiro atoms. The van der Waals surface area contributed by atoms with Crippen LogP contribution < -0.4 is 10.2 Å². The number of carbonyl (C=O) groups is 2. The molecular weight excluding hydrogens is 362 g/mol. The van der Waals surface area contributed by atoms with E-state index in [9.17, 15) is 9.59 Å². The quantitative estimate of drug-likeness (QED) is 0.818. The molecule has 1 fully saturated rings. The predicted molar refractivity (Wildman–Crippen MR) is 92.7 cm³/mol. The lowest BCUT2D eigenvalue weighted by Crippen LogP contribution is -2.46. The molecule has 2 amide bonds. The van der Waals surface area contributed by atoms with E-state index in [2.05, 4.69) is 38.3 Å². The van der Waals surface area contributed by atoms with Gasteiger partial charge in [-0.05, 0) is 30.7 Å². The van der Waals surface area contributed by atoms with Gasteiger partial charge >= 0.3 is 12.0 Å². The molecule has 23 heavy (non-hydrogen) atoms. The number of urea groups is 1. The lowest BCUT2D eigenvalue weighted by molar-refractivity contribution is -0.141. The Bertz CT molecular complexity index is 564. The Morgan fingerprint density at radius 2 is 2.09 bits per heavy atom. The molecule has 0 radical (unpaired) electrons. The molecule has 2 rings (SSSR count). The number of halogens is 1. The fourth-order valence-corrected chi connectivity index (χ4v) is 2.89. The van der Waals surface area contributed by atoms with Crippen LogP contribution >= 0.6 is 15.9 Å². The zero-order chi connectivity index (χ0) is 17.0. The van der Waals surface area contributed by atoms with E-state index >= 15 is 0 Å². The molecule has 1 saturated heterocycles. The zero-order valence-electron chi connectivity index (χ0n) is 13.3. The highest BCUT2D eigenvalue weighted by Gasteiger charge is 2.26.